The van der Waals surface area contributed by atoms with Crippen LogP contribution in [-0.2, 0) is 0 Å². The molecule has 0 fully saturated rings. The Balaban J connectivity index is 1.99. The average Bonchev–Trinajstić information content (AvgIpc) is 3.16. The number of pyridine rings is 1. The van der Waals surface area contributed by atoms with E-state index in [0.717, 1.165) is 22.8 Å². The van der Waals surface area contributed by atoms with Crippen molar-refractivity contribution in [2.45, 2.75) is 6.42 Å². The van der Waals surface area contributed by atoms with Gasteiger partial charge in [-0.2, -0.15) is 0 Å². The smallest absolute Gasteiger partial charge is 0.261 e. The maximum atomic E-state index is 13.1. The predicted octanol–water partition coefficient (Wildman–Crippen LogP) is 2.85. The van der Waals surface area contributed by atoms with Gasteiger partial charge in [-0.15, -0.1) is 0 Å². The van der Waals surface area contributed by atoms with E-state index in [0.29, 0.717) is 47.2 Å². The molecule has 2 aromatic carbocycles. The Kier molecular flexibility index (Phi) is 5.09. The van der Waals surface area contributed by atoms with Gasteiger partial charge in [0.15, 0.2) is 11.5 Å². The lowest BCUT2D eigenvalue weighted by Crippen LogP contribution is -2.16. The van der Waals surface area contributed by atoms with Crippen molar-refractivity contribution in [3.63, 3.8) is 0 Å². The van der Waals surface area contributed by atoms with Crippen LogP contribution in [-0.4, -0.2) is 42.3 Å². The van der Waals surface area contributed by atoms with Crippen LogP contribution in [0.2, 0.25) is 0 Å². The molecule has 0 spiro atoms. The van der Waals surface area contributed by atoms with Crippen molar-refractivity contribution in [1.29, 1.82) is 0 Å². The van der Waals surface area contributed by atoms with Gasteiger partial charge >= 0.3 is 0 Å². The number of aromatic nitrogens is 3. The first-order valence-corrected chi connectivity index (χ1v) is 9.37. The third-order valence-electron chi connectivity index (χ3n) is 4.83. The summed E-state index contributed by atoms with van der Waals surface area (Å²) in [6.07, 6.45) is 0.765. The summed E-state index contributed by atoms with van der Waals surface area (Å²) in [5.41, 5.74) is 8.82. The Bertz CT molecular complexity index is 1200. The molecule has 0 aliphatic heterocycles. The molecule has 0 amide bonds. The molecule has 0 saturated heterocycles. The highest BCUT2D eigenvalue weighted by atomic mass is 16.5. The van der Waals surface area contributed by atoms with Crippen LogP contribution in [0, 0.1) is 0 Å². The highest BCUT2D eigenvalue weighted by Crippen LogP contribution is 2.37. The molecule has 0 unspecified atom stereocenters. The second-order valence-electron chi connectivity index (χ2n) is 6.63. The predicted molar refractivity (Wildman–Crippen MR) is 115 cm³/mol. The fourth-order valence-corrected chi connectivity index (χ4v) is 3.42. The fraction of sp³-hybridized carbons (Fsp3) is 0.238. The molecule has 4 aromatic rings. The number of benzene rings is 2. The zero-order valence-electron chi connectivity index (χ0n) is 16.3. The molecule has 8 nitrogen and oxygen atoms in total. The zero-order chi connectivity index (χ0) is 20.4. The van der Waals surface area contributed by atoms with E-state index in [9.17, 15) is 4.79 Å². The molecule has 2 heterocycles. The first-order valence-electron chi connectivity index (χ1n) is 9.37. The van der Waals surface area contributed by atoms with E-state index in [1.165, 1.54) is 0 Å². The molecule has 0 aliphatic carbocycles. The minimum absolute atomic E-state index is 0.251. The highest BCUT2D eigenvalue weighted by Gasteiger charge is 2.19. The Morgan fingerprint density at radius 2 is 1.83 bits per heavy atom. The Morgan fingerprint density at radius 3 is 2.55 bits per heavy atom. The van der Waals surface area contributed by atoms with Crippen molar-refractivity contribution in [3.8, 4) is 22.9 Å². The van der Waals surface area contributed by atoms with Gasteiger partial charge in [0.05, 0.1) is 36.5 Å². The number of nitrogens with zero attached hydrogens (tertiary/aromatic N) is 1. The van der Waals surface area contributed by atoms with Gasteiger partial charge < -0.3 is 30.5 Å². The number of ether oxygens (including phenoxy) is 2. The fourth-order valence-electron chi connectivity index (χ4n) is 3.42. The van der Waals surface area contributed by atoms with Crippen LogP contribution in [0.25, 0.3) is 33.3 Å². The second kappa shape index (κ2) is 7.84. The van der Waals surface area contributed by atoms with Gasteiger partial charge in [0.2, 0.25) is 0 Å². The summed E-state index contributed by atoms with van der Waals surface area (Å²) in [6, 6.07) is 11.3. The molecule has 0 radical (unpaired) electrons. The first-order chi connectivity index (χ1) is 14.2. The molecule has 0 saturated carbocycles. The molecule has 4 rings (SSSR count). The first kappa shape index (κ1) is 18.8. The zero-order valence-corrected chi connectivity index (χ0v) is 16.3. The lowest BCUT2D eigenvalue weighted by Gasteiger charge is -2.15. The Hall–Kier alpha value is -3.52. The quantitative estimate of drug-likeness (QED) is 0.359. The number of aromatic amines is 2. The standard InChI is InChI=1S/C21H23N5O3/c1-28-16-10-12-15(11-17(16)29-2)26-21(27)18(19(12)23-9-5-8-22)20-24-13-6-3-4-7-14(13)25-20/h3-4,6-7,10-11H,5,8-9,22H2,1-2H3,(H,24,25)(H2,23,26,27). The van der Waals surface area contributed by atoms with Crippen molar-refractivity contribution in [2.75, 3.05) is 32.6 Å². The van der Waals surface area contributed by atoms with Crippen LogP contribution in [0.3, 0.4) is 0 Å². The molecular formula is C21H23N5O3. The average molecular weight is 393 g/mol. The van der Waals surface area contributed by atoms with Gasteiger partial charge in [-0.3, -0.25) is 4.79 Å². The van der Waals surface area contributed by atoms with Crippen LogP contribution in [0.4, 0.5) is 5.69 Å². The number of methoxy groups -OCH3 is 2. The number of anilines is 1. The van der Waals surface area contributed by atoms with E-state index in [1.54, 1.807) is 20.3 Å². The van der Waals surface area contributed by atoms with Crippen molar-refractivity contribution < 1.29 is 9.47 Å². The van der Waals surface area contributed by atoms with Gasteiger partial charge in [-0.25, -0.2) is 4.98 Å². The molecule has 29 heavy (non-hydrogen) atoms. The lowest BCUT2D eigenvalue weighted by atomic mass is 10.1. The number of hydrogen-bond donors (Lipinski definition) is 4. The van der Waals surface area contributed by atoms with Gasteiger partial charge in [0.25, 0.3) is 5.56 Å². The summed E-state index contributed by atoms with van der Waals surface area (Å²) in [5, 5.41) is 4.17. The molecule has 0 aliphatic rings. The molecule has 5 N–H and O–H groups in total. The van der Waals surface area contributed by atoms with Gasteiger partial charge in [0, 0.05) is 18.0 Å². The monoisotopic (exact) mass is 393 g/mol. The molecular weight excluding hydrogens is 370 g/mol. The summed E-state index contributed by atoms with van der Waals surface area (Å²) in [7, 11) is 3.14. The van der Waals surface area contributed by atoms with Crippen LogP contribution in [0.5, 0.6) is 11.5 Å². The number of rotatable bonds is 7. The normalized spacial score (nSPS) is 11.1. The van der Waals surface area contributed by atoms with Crippen molar-refractivity contribution in [3.05, 3.63) is 46.8 Å². The summed E-state index contributed by atoms with van der Waals surface area (Å²) in [5.74, 6) is 1.61. The number of fused-ring (bicyclic) bond motifs is 2. The van der Waals surface area contributed by atoms with Crippen LogP contribution in [0.1, 0.15) is 6.42 Å². The largest absolute Gasteiger partial charge is 0.493 e. The highest BCUT2D eigenvalue weighted by molar-refractivity contribution is 6.00. The number of nitrogens with one attached hydrogen (secondary N) is 3. The molecule has 2 aromatic heterocycles. The van der Waals surface area contributed by atoms with Gasteiger partial charge in [-0.05, 0) is 31.2 Å². The topological polar surface area (TPSA) is 118 Å². The summed E-state index contributed by atoms with van der Waals surface area (Å²) < 4.78 is 10.8. The van der Waals surface area contributed by atoms with Crippen LogP contribution in [0.15, 0.2) is 41.2 Å². The number of imidazole rings is 1. The minimum Gasteiger partial charge on any atom is -0.493 e. The number of nitrogens with two attached hydrogens (primary N) is 1. The third kappa shape index (κ3) is 3.38. The van der Waals surface area contributed by atoms with Crippen LogP contribution >= 0.6 is 0 Å². The van der Waals surface area contributed by atoms with Crippen LogP contribution < -0.4 is 26.1 Å². The van der Waals surface area contributed by atoms with Gasteiger partial charge in [0.1, 0.15) is 11.4 Å². The van der Waals surface area contributed by atoms with Crippen molar-refractivity contribution >= 4 is 27.6 Å². The molecule has 150 valence electrons. The van der Waals surface area contributed by atoms with Crippen molar-refractivity contribution in [2.24, 2.45) is 5.73 Å². The number of para-hydroxylation sites is 2. The maximum absolute atomic E-state index is 13.1. The van der Waals surface area contributed by atoms with E-state index in [1.807, 2.05) is 30.3 Å². The van der Waals surface area contributed by atoms with E-state index < -0.39 is 0 Å². The maximum Gasteiger partial charge on any atom is 0.261 e. The summed E-state index contributed by atoms with van der Waals surface area (Å²) in [4.78, 5) is 23.9. The van der Waals surface area contributed by atoms with E-state index in [4.69, 9.17) is 15.2 Å². The van der Waals surface area contributed by atoms with E-state index in [2.05, 4.69) is 20.3 Å². The molecule has 0 bridgehead atoms. The van der Waals surface area contributed by atoms with Gasteiger partial charge in [-0.1, -0.05) is 12.1 Å². The van der Waals surface area contributed by atoms with E-state index in [-0.39, 0.29) is 5.56 Å². The molecule has 0 atom stereocenters. The number of hydrogen-bond acceptors (Lipinski definition) is 6. The molecule has 8 heteroatoms. The Morgan fingerprint density at radius 1 is 1.07 bits per heavy atom. The number of H-pyrrole nitrogens is 2. The SMILES string of the molecule is COc1cc2[nH]c(=O)c(-c3nc4ccccc4[nH]3)c(NCCCN)c2cc1OC. The summed E-state index contributed by atoms with van der Waals surface area (Å²) in [6.45, 7) is 1.17. The minimum atomic E-state index is -0.251. The Labute approximate surface area is 167 Å². The summed E-state index contributed by atoms with van der Waals surface area (Å²) >= 11 is 0. The van der Waals surface area contributed by atoms with Crippen molar-refractivity contribution in [1.82, 2.24) is 15.0 Å². The lowest BCUT2D eigenvalue weighted by molar-refractivity contribution is 0.356. The second-order valence-corrected chi connectivity index (χ2v) is 6.63. The third-order valence-corrected chi connectivity index (χ3v) is 4.83. The van der Waals surface area contributed by atoms with E-state index >= 15 is 0 Å².